The van der Waals surface area contributed by atoms with Crippen LogP contribution >= 0.6 is 11.5 Å². The van der Waals surface area contributed by atoms with Gasteiger partial charge in [0.05, 0.1) is 13.7 Å². The van der Waals surface area contributed by atoms with Crippen LogP contribution in [-0.4, -0.2) is 42.5 Å². The average molecular weight is 336 g/mol. The predicted molar refractivity (Wildman–Crippen MR) is 87.9 cm³/mol. The molecule has 0 bridgehead atoms. The van der Waals surface area contributed by atoms with E-state index in [-0.39, 0.29) is 6.61 Å². The van der Waals surface area contributed by atoms with E-state index in [1.165, 1.54) is 0 Å². The molecule has 2 rings (SSSR count). The molecule has 0 radical (unpaired) electrons. The maximum Gasteiger partial charge on any atom is 0.352 e. The van der Waals surface area contributed by atoms with Crippen LogP contribution in [0.3, 0.4) is 0 Å². The van der Waals surface area contributed by atoms with Crippen molar-refractivity contribution < 1.29 is 19.0 Å². The molecule has 0 saturated carbocycles. The van der Waals surface area contributed by atoms with E-state index < -0.39 is 5.97 Å². The second kappa shape index (κ2) is 9.22. The van der Waals surface area contributed by atoms with Gasteiger partial charge in [-0.25, -0.2) is 4.79 Å². The summed E-state index contributed by atoms with van der Waals surface area (Å²) < 4.78 is 19.6. The van der Waals surface area contributed by atoms with Gasteiger partial charge in [0.25, 0.3) is 0 Å². The topological polar surface area (TPSA) is 70.5 Å². The second-order valence-electron chi connectivity index (χ2n) is 4.78. The maximum atomic E-state index is 12.1. The number of unbranched alkanes of at least 4 members (excludes halogenated alkanes) is 1. The monoisotopic (exact) mass is 336 g/mol. The first-order valence-electron chi connectivity index (χ1n) is 7.48. The molecule has 0 aliphatic heterocycles. The van der Waals surface area contributed by atoms with E-state index >= 15 is 0 Å². The van der Waals surface area contributed by atoms with Crippen LogP contribution in [0.25, 0.3) is 11.3 Å². The van der Waals surface area contributed by atoms with Crippen LogP contribution in [0.5, 0.6) is 5.75 Å². The third-order valence-electron chi connectivity index (χ3n) is 3.14. The average Bonchev–Trinajstić information content (AvgIpc) is 3.07. The molecule has 6 nitrogen and oxygen atoms in total. The number of carbonyl (C=O) groups excluding carboxylic acids is 1. The van der Waals surface area contributed by atoms with Crippen molar-refractivity contribution in [2.75, 3.05) is 26.9 Å². The molecule has 1 heterocycles. The number of carbonyl (C=O) groups is 1. The van der Waals surface area contributed by atoms with Crippen LogP contribution in [0.4, 0.5) is 0 Å². The van der Waals surface area contributed by atoms with Crippen molar-refractivity contribution in [3.8, 4) is 17.0 Å². The summed E-state index contributed by atoms with van der Waals surface area (Å²) in [5, 5.41) is 4.03. The first-order chi connectivity index (χ1) is 11.3. The van der Waals surface area contributed by atoms with Crippen molar-refractivity contribution in [2.24, 2.45) is 0 Å². The van der Waals surface area contributed by atoms with Crippen molar-refractivity contribution in [2.45, 2.75) is 19.8 Å². The first kappa shape index (κ1) is 17.4. The van der Waals surface area contributed by atoms with E-state index in [0.29, 0.717) is 23.8 Å². The molecule has 0 fully saturated rings. The van der Waals surface area contributed by atoms with E-state index in [0.717, 1.165) is 35.7 Å². The van der Waals surface area contributed by atoms with Gasteiger partial charge in [-0.1, -0.05) is 17.8 Å². The molecule has 0 unspecified atom stereocenters. The first-order valence-corrected chi connectivity index (χ1v) is 8.25. The molecule has 1 aromatic heterocycles. The van der Waals surface area contributed by atoms with Gasteiger partial charge in [-0.15, -0.1) is 5.10 Å². The Balaban J connectivity index is 1.92. The molecule has 1 aromatic carbocycles. The summed E-state index contributed by atoms with van der Waals surface area (Å²) in [5.74, 6) is 0.315. The third kappa shape index (κ3) is 5.01. The molecule has 0 atom stereocenters. The molecular formula is C16H20N2O4S. The Morgan fingerprint density at radius 2 is 1.96 bits per heavy atom. The lowest BCUT2D eigenvalue weighted by Gasteiger charge is -2.06. The fourth-order valence-electron chi connectivity index (χ4n) is 1.87. The quantitative estimate of drug-likeness (QED) is 0.517. The Morgan fingerprint density at radius 3 is 2.65 bits per heavy atom. The Hall–Kier alpha value is -1.99. The highest BCUT2D eigenvalue weighted by Gasteiger charge is 2.19. The number of ether oxygens (including phenoxy) is 3. The lowest BCUT2D eigenvalue weighted by atomic mass is 10.1. The van der Waals surface area contributed by atoms with Gasteiger partial charge in [0.15, 0.2) is 4.88 Å². The van der Waals surface area contributed by atoms with Crippen LogP contribution in [0.15, 0.2) is 24.3 Å². The molecule has 0 amide bonds. The molecule has 0 aliphatic rings. The Morgan fingerprint density at radius 1 is 1.17 bits per heavy atom. The molecule has 7 heteroatoms. The summed E-state index contributed by atoms with van der Waals surface area (Å²) in [5.41, 5.74) is 1.32. The fraction of sp³-hybridized carbons (Fsp3) is 0.438. The molecule has 23 heavy (non-hydrogen) atoms. The summed E-state index contributed by atoms with van der Waals surface area (Å²) >= 11 is 1.03. The molecule has 0 saturated heterocycles. The largest absolute Gasteiger partial charge is 0.497 e. The van der Waals surface area contributed by atoms with Gasteiger partial charge in [-0.3, -0.25) is 0 Å². The summed E-state index contributed by atoms with van der Waals surface area (Å²) in [6.07, 6.45) is 2.09. The smallest absolute Gasteiger partial charge is 0.352 e. The maximum absolute atomic E-state index is 12.1. The number of nitrogens with zero attached hydrogens (tertiary/aromatic N) is 2. The van der Waals surface area contributed by atoms with E-state index in [1.807, 2.05) is 24.3 Å². The van der Waals surface area contributed by atoms with Crippen LogP contribution in [-0.2, 0) is 9.47 Å². The Bertz CT molecular complexity index is 613. The predicted octanol–water partition coefficient (Wildman–Crippen LogP) is 3.19. The SMILES string of the molecule is CCCCOCCOC(=O)c1snnc1-c1ccc(OC)cc1. The molecule has 0 spiro atoms. The fourth-order valence-corrected chi connectivity index (χ4v) is 2.45. The molecular weight excluding hydrogens is 316 g/mol. The lowest BCUT2D eigenvalue weighted by molar-refractivity contribution is 0.0319. The van der Waals surface area contributed by atoms with Gasteiger partial charge in [-0.2, -0.15) is 0 Å². The van der Waals surface area contributed by atoms with Crippen molar-refractivity contribution in [3.05, 3.63) is 29.1 Å². The summed E-state index contributed by atoms with van der Waals surface area (Å²) in [4.78, 5) is 12.5. The summed E-state index contributed by atoms with van der Waals surface area (Å²) in [7, 11) is 1.60. The van der Waals surface area contributed by atoms with Crippen molar-refractivity contribution in [3.63, 3.8) is 0 Å². The Kier molecular flexibility index (Phi) is 6.96. The number of hydrogen-bond donors (Lipinski definition) is 0. The highest BCUT2D eigenvalue weighted by molar-refractivity contribution is 7.08. The van der Waals surface area contributed by atoms with Crippen LogP contribution in [0, 0.1) is 0 Å². The van der Waals surface area contributed by atoms with Gasteiger partial charge in [0.1, 0.15) is 18.1 Å². The van der Waals surface area contributed by atoms with Crippen LogP contribution < -0.4 is 4.74 Å². The lowest BCUT2D eigenvalue weighted by Crippen LogP contribution is -2.11. The van der Waals surface area contributed by atoms with Crippen LogP contribution in [0.2, 0.25) is 0 Å². The van der Waals surface area contributed by atoms with E-state index in [9.17, 15) is 4.79 Å². The number of aromatic nitrogens is 2. The summed E-state index contributed by atoms with van der Waals surface area (Å²) in [6, 6.07) is 7.29. The zero-order valence-corrected chi connectivity index (χ0v) is 14.1. The van der Waals surface area contributed by atoms with Crippen molar-refractivity contribution in [1.29, 1.82) is 0 Å². The molecule has 2 aromatic rings. The number of methoxy groups -OCH3 is 1. The van der Waals surface area contributed by atoms with E-state index in [4.69, 9.17) is 14.2 Å². The third-order valence-corrected chi connectivity index (χ3v) is 3.85. The van der Waals surface area contributed by atoms with Gasteiger partial charge < -0.3 is 14.2 Å². The standard InChI is InChI=1S/C16H20N2O4S/c1-3-4-9-21-10-11-22-16(19)15-14(17-18-23-15)12-5-7-13(20-2)8-6-12/h5-8H,3-4,9-11H2,1-2H3. The second-order valence-corrected chi connectivity index (χ2v) is 5.54. The molecule has 0 N–H and O–H groups in total. The van der Waals surface area contributed by atoms with Crippen molar-refractivity contribution >= 4 is 17.5 Å². The van der Waals surface area contributed by atoms with Gasteiger partial charge in [0, 0.05) is 12.2 Å². The van der Waals surface area contributed by atoms with Crippen LogP contribution in [0.1, 0.15) is 29.4 Å². The summed E-state index contributed by atoms with van der Waals surface area (Å²) in [6.45, 7) is 3.41. The minimum atomic E-state index is -0.426. The van der Waals surface area contributed by atoms with E-state index in [1.54, 1.807) is 7.11 Å². The number of hydrogen-bond acceptors (Lipinski definition) is 7. The zero-order chi connectivity index (χ0) is 16.5. The van der Waals surface area contributed by atoms with Crippen molar-refractivity contribution in [1.82, 2.24) is 9.59 Å². The normalized spacial score (nSPS) is 10.5. The number of rotatable bonds is 9. The molecule has 0 aliphatic carbocycles. The zero-order valence-electron chi connectivity index (χ0n) is 13.3. The number of esters is 1. The molecule has 124 valence electrons. The van der Waals surface area contributed by atoms with Gasteiger partial charge in [0.2, 0.25) is 0 Å². The van der Waals surface area contributed by atoms with Gasteiger partial charge in [-0.05, 0) is 42.2 Å². The Labute approximate surface area is 139 Å². The minimum absolute atomic E-state index is 0.225. The minimum Gasteiger partial charge on any atom is -0.497 e. The van der Waals surface area contributed by atoms with Gasteiger partial charge >= 0.3 is 5.97 Å². The highest BCUT2D eigenvalue weighted by atomic mass is 32.1. The van der Waals surface area contributed by atoms with E-state index in [2.05, 4.69) is 16.5 Å². The highest BCUT2D eigenvalue weighted by Crippen LogP contribution is 2.26. The number of benzene rings is 1.